The SMILES string of the molecule is COC(=O)c1c2ccccc2c(C(=O)NC2CCCOC2=O)c2cc(-c3ccc4c(C(=O)O)c5ccccc5c(C(=O)OC5CCCC(=O)O5)c4c3)ccc12. The Kier molecular flexibility index (Phi) is 9.09. The molecule has 0 spiro atoms. The molecule has 276 valence electrons. The molecule has 8 rings (SSSR count). The first-order valence-electron chi connectivity index (χ1n) is 17.8. The van der Waals surface area contributed by atoms with Crippen molar-refractivity contribution >= 4 is 78.8 Å². The number of amides is 1. The fraction of sp³-hybridized carbons (Fsp3) is 0.209. The van der Waals surface area contributed by atoms with E-state index in [0.29, 0.717) is 69.1 Å². The Morgan fingerprint density at radius 1 is 0.673 bits per heavy atom. The Hall–Kier alpha value is -6.82. The Balaban J connectivity index is 1.35. The summed E-state index contributed by atoms with van der Waals surface area (Å²) in [6.45, 7) is 0.275. The smallest absolute Gasteiger partial charge is 0.342 e. The third kappa shape index (κ3) is 6.25. The van der Waals surface area contributed by atoms with Gasteiger partial charge in [0.2, 0.25) is 6.29 Å². The lowest BCUT2D eigenvalue weighted by Crippen LogP contribution is -2.44. The molecule has 6 aromatic carbocycles. The van der Waals surface area contributed by atoms with E-state index in [9.17, 15) is 33.9 Å². The number of carboxylic acids is 1. The molecule has 12 nitrogen and oxygen atoms in total. The number of carbonyl (C=O) groups excluding carboxylic acids is 5. The molecule has 2 atom stereocenters. The fourth-order valence-electron chi connectivity index (χ4n) is 7.71. The summed E-state index contributed by atoms with van der Waals surface area (Å²) in [6.07, 6.45) is 0.929. The summed E-state index contributed by atoms with van der Waals surface area (Å²) >= 11 is 0. The van der Waals surface area contributed by atoms with Gasteiger partial charge in [-0.25, -0.2) is 19.2 Å². The van der Waals surface area contributed by atoms with Crippen LogP contribution in [0.2, 0.25) is 0 Å². The van der Waals surface area contributed by atoms with E-state index in [4.69, 9.17) is 18.9 Å². The molecule has 55 heavy (non-hydrogen) atoms. The van der Waals surface area contributed by atoms with Crippen molar-refractivity contribution in [2.45, 2.75) is 44.4 Å². The van der Waals surface area contributed by atoms with E-state index in [1.807, 2.05) is 0 Å². The van der Waals surface area contributed by atoms with Crippen molar-refractivity contribution in [1.29, 1.82) is 0 Å². The standard InChI is InChI=1S/C43H33NO11/c1-52-42(50)37-26-10-4-2-8-24(26)35(39(46)44-32-12-7-19-53-41(32)49)30-20-22(16-18-29(30)37)23-15-17-28-31(21-23)38(43(51)55-34-14-6-13-33(45)54-34)27-11-5-3-9-25(27)36(28)40(47)48/h2-5,8-11,15-18,20-21,32,34H,6-7,12-14,19H2,1H3,(H,44,46)(H,47,48). The molecule has 0 aliphatic carbocycles. The molecule has 2 heterocycles. The molecular weight excluding hydrogens is 706 g/mol. The second kappa shape index (κ2) is 14.2. The highest BCUT2D eigenvalue weighted by atomic mass is 16.7. The summed E-state index contributed by atoms with van der Waals surface area (Å²) in [5.74, 6) is -4.14. The van der Waals surface area contributed by atoms with E-state index in [0.717, 1.165) is 0 Å². The second-order valence-corrected chi connectivity index (χ2v) is 13.5. The second-order valence-electron chi connectivity index (χ2n) is 13.5. The molecule has 12 heteroatoms. The van der Waals surface area contributed by atoms with Crippen LogP contribution in [0.5, 0.6) is 0 Å². The highest BCUT2D eigenvalue weighted by Crippen LogP contribution is 2.40. The number of carbonyl (C=O) groups is 6. The van der Waals surface area contributed by atoms with Crippen LogP contribution in [-0.4, -0.2) is 66.9 Å². The number of esters is 4. The van der Waals surface area contributed by atoms with Gasteiger partial charge in [0.05, 0.1) is 36.0 Å². The minimum Gasteiger partial charge on any atom is -0.478 e. The number of benzene rings is 6. The maximum Gasteiger partial charge on any atom is 0.342 e. The molecule has 2 aliphatic rings. The number of methoxy groups -OCH3 is 1. The first kappa shape index (κ1) is 35.2. The van der Waals surface area contributed by atoms with Crippen molar-refractivity contribution in [3.05, 3.63) is 107 Å². The summed E-state index contributed by atoms with van der Waals surface area (Å²) < 4.78 is 21.4. The molecule has 2 aliphatic heterocycles. The van der Waals surface area contributed by atoms with Gasteiger partial charge in [-0.3, -0.25) is 9.59 Å². The minimum absolute atomic E-state index is 0.00862. The molecule has 2 N–H and O–H groups in total. The van der Waals surface area contributed by atoms with Gasteiger partial charge in [0.25, 0.3) is 5.91 Å². The zero-order chi connectivity index (χ0) is 38.4. The molecule has 2 fully saturated rings. The van der Waals surface area contributed by atoms with Crippen molar-refractivity contribution in [2.24, 2.45) is 0 Å². The Morgan fingerprint density at radius 2 is 1.22 bits per heavy atom. The zero-order valence-corrected chi connectivity index (χ0v) is 29.5. The van der Waals surface area contributed by atoms with Crippen LogP contribution in [0.4, 0.5) is 0 Å². The van der Waals surface area contributed by atoms with Crippen molar-refractivity contribution in [3.8, 4) is 11.1 Å². The van der Waals surface area contributed by atoms with Gasteiger partial charge in [-0.05, 0) is 85.6 Å². The van der Waals surface area contributed by atoms with Gasteiger partial charge < -0.3 is 29.4 Å². The number of carboxylic acid groups (broad SMARTS) is 1. The number of fused-ring (bicyclic) bond motifs is 4. The van der Waals surface area contributed by atoms with E-state index in [1.165, 1.54) is 7.11 Å². The van der Waals surface area contributed by atoms with Crippen molar-refractivity contribution < 1.29 is 52.8 Å². The highest BCUT2D eigenvalue weighted by molar-refractivity contribution is 6.27. The lowest BCUT2D eigenvalue weighted by molar-refractivity contribution is -0.176. The van der Waals surface area contributed by atoms with Crippen LogP contribution in [0, 0.1) is 0 Å². The van der Waals surface area contributed by atoms with Gasteiger partial charge in [0.15, 0.2) is 0 Å². The van der Waals surface area contributed by atoms with Gasteiger partial charge in [-0.1, -0.05) is 72.8 Å². The van der Waals surface area contributed by atoms with Gasteiger partial charge >= 0.3 is 29.8 Å². The van der Waals surface area contributed by atoms with Gasteiger partial charge in [0.1, 0.15) is 6.04 Å². The summed E-state index contributed by atoms with van der Waals surface area (Å²) in [5.41, 5.74) is 1.68. The average molecular weight is 740 g/mol. The molecule has 1 amide bonds. The van der Waals surface area contributed by atoms with Crippen LogP contribution >= 0.6 is 0 Å². The van der Waals surface area contributed by atoms with Crippen molar-refractivity contribution in [1.82, 2.24) is 5.32 Å². The molecule has 6 aromatic rings. The minimum atomic E-state index is -1.19. The predicted octanol–water partition coefficient (Wildman–Crippen LogP) is 7.10. The normalized spacial score (nSPS) is 17.1. The summed E-state index contributed by atoms with van der Waals surface area (Å²) in [6, 6.07) is 22.9. The number of rotatable bonds is 7. The molecule has 2 saturated heterocycles. The lowest BCUT2D eigenvalue weighted by atomic mass is 9.87. The summed E-state index contributed by atoms with van der Waals surface area (Å²) in [7, 11) is 1.28. The highest BCUT2D eigenvalue weighted by Gasteiger charge is 2.31. The maximum absolute atomic E-state index is 14.2. The molecular formula is C43H33NO11. The third-order valence-electron chi connectivity index (χ3n) is 10.2. The maximum atomic E-state index is 14.2. The van der Waals surface area contributed by atoms with E-state index < -0.39 is 48.1 Å². The zero-order valence-electron chi connectivity index (χ0n) is 29.5. The first-order valence-corrected chi connectivity index (χ1v) is 17.8. The van der Waals surface area contributed by atoms with E-state index >= 15 is 0 Å². The monoisotopic (exact) mass is 739 g/mol. The Labute approximate surface area is 312 Å². The van der Waals surface area contributed by atoms with Crippen LogP contribution in [0.25, 0.3) is 54.2 Å². The molecule has 0 bridgehead atoms. The van der Waals surface area contributed by atoms with E-state index in [1.54, 1.807) is 84.9 Å². The molecule has 0 saturated carbocycles. The van der Waals surface area contributed by atoms with Crippen molar-refractivity contribution in [3.63, 3.8) is 0 Å². The largest absolute Gasteiger partial charge is 0.478 e. The van der Waals surface area contributed by atoms with Crippen LogP contribution in [-0.2, 0) is 28.5 Å². The number of nitrogens with one attached hydrogen (secondary N) is 1. The number of ether oxygens (including phenoxy) is 4. The van der Waals surface area contributed by atoms with E-state index in [2.05, 4.69) is 5.32 Å². The lowest BCUT2D eigenvalue weighted by Gasteiger charge is -2.23. The van der Waals surface area contributed by atoms with Gasteiger partial charge in [-0.15, -0.1) is 0 Å². The average Bonchev–Trinajstić information content (AvgIpc) is 3.18. The molecule has 2 unspecified atom stereocenters. The molecule has 0 radical (unpaired) electrons. The van der Waals surface area contributed by atoms with Gasteiger partial charge in [0, 0.05) is 12.8 Å². The quantitative estimate of drug-likeness (QED) is 0.0972. The third-order valence-corrected chi connectivity index (χ3v) is 10.2. The molecule has 0 aromatic heterocycles. The summed E-state index contributed by atoms with van der Waals surface area (Å²) in [5, 5.41) is 16.2. The van der Waals surface area contributed by atoms with Crippen molar-refractivity contribution in [2.75, 3.05) is 13.7 Å². The summed E-state index contributed by atoms with van der Waals surface area (Å²) in [4.78, 5) is 78.9. The fourth-order valence-corrected chi connectivity index (χ4v) is 7.71. The van der Waals surface area contributed by atoms with Crippen LogP contribution in [0.1, 0.15) is 73.5 Å². The topological polar surface area (TPSA) is 172 Å². The number of aromatic carboxylic acids is 1. The number of hydrogen-bond acceptors (Lipinski definition) is 10. The number of cyclic esters (lactones) is 2. The van der Waals surface area contributed by atoms with Crippen LogP contribution in [0.15, 0.2) is 84.9 Å². The first-order chi connectivity index (χ1) is 26.6. The van der Waals surface area contributed by atoms with Gasteiger partial charge in [-0.2, -0.15) is 0 Å². The van der Waals surface area contributed by atoms with E-state index in [-0.39, 0.29) is 46.1 Å². The Morgan fingerprint density at radius 3 is 1.80 bits per heavy atom. The number of hydrogen-bond donors (Lipinski definition) is 2. The predicted molar refractivity (Wildman–Crippen MR) is 201 cm³/mol. The Bertz CT molecular complexity index is 2650. The van der Waals surface area contributed by atoms with Crippen LogP contribution in [0.3, 0.4) is 0 Å². The van der Waals surface area contributed by atoms with Crippen LogP contribution < -0.4 is 5.32 Å².